The Kier molecular flexibility index (Phi) is 7.22. The minimum Gasteiger partial charge on any atom is -0.349 e. The summed E-state index contributed by atoms with van der Waals surface area (Å²) in [5.41, 5.74) is 0. The molecule has 0 aliphatic carbocycles. The Morgan fingerprint density at radius 1 is 1.04 bits per heavy atom. The maximum Gasteiger partial charge on any atom is 0.278 e. The third-order valence-electron chi connectivity index (χ3n) is 5.59. The number of nitrogens with zero attached hydrogens (tertiary/aromatic N) is 2. The number of carbonyl (C=O) groups excluding carboxylic acids is 2. The predicted octanol–water partition coefficient (Wildman–Crippen LogP) is -3.54. The molecule has 2 fully saturated rings. The maximum atomic E-state index is 12.7. The van der Waals surface area contributed by atoms with Gasteiger partial charge in [0.25, 0.3) is 17.6 Å². The van der Waals surface area contributed by atoms with Crippen molar-refractivity contribution in [3.05, 3.63) is 24.4 Å². The number of aromatic amines is 1. The van der Waals surface area contributed by atoms with Gasteiger partial charge in [0, 0.05) is 12.1 Å². The molecule has 8 nitrogen and oxygen atoms in total. The van der Waals surface area contributed by atoms with Crippen molar-refractivity contribution < 1.29 is 24.4 Å². The van der Waals surface area contributed by atoms with Gasteiger partial charge in [-0.1, -0.05) is 6.07 Å². The van der Waals surface area contributed by atoms with Crippen LogP contribution in [0.15, 0.2) is 24.4 Å². The number of pyridine rings is 1. The van der Waals surface area contributed by atoms with Crippen LogP contribution in [0.2, 0.25) is 0 Å². The van der Waals surface area contributed by atoms with Crippen LogP contribution in [-0.2, 0) is 9.59 Å². The zero-order chi connectivity index (χ0) is 19.9. The van der Waals surface area contributed by atoms with Gasteiger partial charge < -0.3 is 20.0 Å². The van der Waals surface area contributed by atoms with E-state index >= 15 is 0 Å². The number of hydrogen-bond acceptors (Lipinski definition) is 3. The fourth-order valence-corrected chi connectivity index (χ4v) is 4.00. The van der Waals surface area contributed by atoms with Crippen LogP contribution in [0.25, 0.3) is 0 Å². The van der Waals surface area contributed by atoms with Crippen LogP contribution in [0.3, 0.4) is 0 Å². The molecule has 0 radical (unpaired) electrons. The number of rotatable bonds is 6. The van der Waals surface area contributed by atoms with Gasteiger partial charge in [0.15, 0.2) is 13.1 Å². The Morgan fingerprint density at radius 2 is 1.68 bits per heavy atom. The van der Waals surface area contributed by atoms with Gasteiger partial charge in [-0.05, 0) is 19.9 Å². The van der Waals surface area contributed by atoms with Crippen molar-refractivity contribution in [3.63, 3.8) is 0 Å². The lowest BCUT2D eigenvalue weighted by Gasteiger charge is -2.33. The molecule has 0 spiro atoms. The van der Waals surface area contributed by atoms with Crippen LogP contribution in [0.4, 0.5) is 5.82 Å². The Morgan fingerprint density at radius 3 is 2.29 bits per heavy atom. The quantitative estimate of drug-likeness (QED) is 0.470. The molecule has 2 aliphatic rings. The molecule has 3 heterocycles. The van der Waals surface area contributed by atoms with Crippen molar-refractivity contribution in [1.29, 1.82) is 0 Å². The van der Waals surface area contributed by atoms with E-state index in [1.165, 1.54) is 9.80 Å². The summed E-state index contributed by atoms with van der Waals surface area (Å²) in [5.74, 6) is 1.50. The molecule has 2 saturated heterocycles. The Bertz CT molecular complexity index is 637. The summed E-state index contributed by atoms with van der Waals surface area (Å²) in [6.45, 7) is 12.1. The molecule has 0 saturated carbocycles. The summed E-state index contributed by atoms with van der Waals surface area (Å²) >= 11 is 0. The van der Waals surface area contributed by atoms with Gasteiger partial charge in [0.2, 0.25) is 0 Å². The standard InChI is InChI=1S/C20H32N6O2/c1-17(2)22-19(27)15-23-9-13-26(14-10-23)20(28)16-24-7-11-25(12-8-24)18-5-3-4-6-21-18/h3-6,17H,7-16H2,1-2H3,(H,22,27)/p+3. The molecule has 28 heavy (non-hydrogen) atoms. The first kappa shape index (κ1) is 20.5. The minimum atomic E-state index is 0.0998. The summed E-state index contributed by atoms with van der Waals surface area (Å²) in [6.07, 6.45) is 1.95. The number of piperazine rings is 2. The van der Waals surface area contributed by atoms with E-state index in [1.54, 1.807) is 0 Å². The summed E-state index contributed by atoms with van der Waals surface area (Å²) in [7, 11) is 0. The zero-order valence-corrected chi connectivity index (χ0v) is 17.2. The summed E-state index contributed by atoms with van der Waals surface area (Å²) < 4.78 is 0. The molecular formula is C20H35N6O2+3. The Labute approximate surface area is 167 Å². The van der Waals surface area contributed by atoms with E-state index < -0.39 is 0 Å². The molecule has 2 aliphatic heterocycles. The van der Waals surface area contributed by atoms with E-state index in [9.17, 15) is 9.59 Å². The van der Waals surface area contributed by atoms with E-state index in [1.807, 2.05) is 37.1 Å². The van der Waals surface area contributed by atoms with Gasteiger partial charge in [-0.2, -0.15) is 0 Å². The molecule has 4 N–H and O–H groups in total. The highest BCUT2D eigenvalue weighted by atomic mass is 16.2. The van der Waals surface area contributed by atoms with Crippen LogP contribution in [0.5, 0.6) is 0 Å². The van der Waals surface area contributed by atoms with Crippen LogP contribution in [0.1, 0.15) is 13.8 Å². The highest BCUT2D eigenvalue weighted by molar-refractivity contribution is 5.77. The molecule has 0 aromatic carbocycles. The van der Waals surface area contributed by atoms with Gasteiger partial charge >= 0.3 is 0 Å². The normalized spacial score (nSPS) is 19.1. The second-order valence-corrected chi connectivity index (χ2v) is 8.19. The third kappa shape index (κ3) is 5.90. The number of carbonyl (C=O) groups is 2. The molecule has 0 atom stereocenters. The van der Waals surface area contributed by atoms with Crippen LogP contribution in [0, 0.1) is 0 Å². The van der Waals surface area contributed by atoms with Gasteiger partial charge in [-0.15, -0.1) is 0 Å². The Hall–Kier alpha value is -2.19. The number of hydrogen-bond donors (Lipinski definition) is 3. The summed E-state index contributed by atoms with van der Waals surface area (Å²) in [6, 6.07) is 6.31. The first-order valence-corrected chi connectivity index (χ1v) is 10.5. The molecule has 1 aromatic heterocycles. The molecule has 3 rings (SSSR count). The first-order valence-electron chi connectivity index (χ1n) is 10.5. The zero-order valence-electron chi connectivity index (χ0n) is 17.2. The Balaban J connectivity index is 1.36. The topological polar surface area (TPSA) is 75.7 Å². The maximum absolute atomic E-state index is 12.7. The average molecular weight is 392 g/mol. The lowest BCUT2D eigenvalue weighted by molar-refractivity contribution is -0.898. The van der Waals surface area contributed by atoms with Crippen LogP contribution in [-0.4, -0.2) is 88.2 Å². The molecule has 0 bridgehead atoms. The number of nitrogens with one attached hydrogen (secondary N) is 4. The smallest absolute Gasteiger partial charge is 0.278 e. The minimum absolute atomic E-state index is 0.0998. The van der Waals surface area contributed by atoms with E-state index in [-0.39, 0.29) is 17.9 Å². The van der Waals surface area contributed by atoms with E-state index in [2.05, 4.69) is 21.3 Å². The second kappa shape index (κ2) is 9.84. The molecule has 0 unspecified atom stereocenters. The van der Waals surface area contributed by atoms with Gasteiger partial charge in [0.1, 0.15) is 26.2 Å². The highest BCUT2D eigenvalue weighted by Crippen LogP contribution is 2.04. The number of anilines is 1. The third-order valence-corrected chi connectivity index (χ3v) is 5.59. The van der Waals surface area contributed by atoms with Crippen molar-refractivity contribution in [3.8, 4) is 0 Å². The van der Waals surface area contributed by atoms with E-state index in [0.717, 1.165) is 58.2 Å². The van der Waals surface area contributed by atoms with E-state index in [0.29, 0.717) is 13.1 Å². The fourth-order valence-electron chi connectivity index (χ4n) is 4.00. The average Bonchev–Trinajstić information content (AvgIpc) is 2.69. The number of H-pyrrole nitrogens is 1. The molecule has 154 valence electrons. The number of amides is 2. The largest absolute Gasteiger partial charge is 0.349 e. The predicted molar refractivity (Wildman–Crippen MR) is 106 cm³/mol. The van der Waals surface area contributed by atoms with Crippen LogP contribution < -0.4 is 25.0 Å². The van der Waals surface area contributed by atoms with Crippen LogP contribution >= 0.6 is 0 Å². The van der Waals surface area contributed by atoms with E-state index in [4.69, 9.17) is 0 Å². The van der Waals surface area contributed by atoms with Crippen molar-refractivity contribution in [1.82, 2.24) is 10.2 Å². The second-order valence-electron chi connectivity index (χ2n) is 8.19. The monoisotopic (exact) mass is 391 g/mol. The molecular weight excluding hydrogens is 356 g/mol. The lowest BCUT2D eigenvalue weighted by atomic mass is 10.2. The fraction of sp³-hybridized carbons (Fsp3) is 0.650. The SMILES string of the molecule is CC(C)NC(=O)C[NH+]1CCN(C(=O)C[NH+]2CCN(c3cccc[nH+]3)CC2)CC1. The summed E-state index contributed by atoms with van der Waals surface area (Å²) in [4.78, 5) is 34.8. The summed E-state index contributed by atoms with van der Waals surface area (Å²) in [5, 5.41) is 2.94. The van der Waals surface area contributed by atoms with Gasteiger partial charge in [-0.3, -0.25) is 14.5 Å². The first-order chi connectivity index (χ1) is 13.5. The van der Waals surface area contributed by atoms with Crippen molar-refractivity contribution in [2.24, 2.45) is 0 Å². The number of aromatic nitrogens is 1. The highest BCUT2D eigenvalue weighted by Gasteiger charge is 2.31. The van der Waals surface area contributed by atoms with Crippen molar-refractivity contribution in [2.45, 2.75) is 19.9 Å². The molecule has 1 aromatic rings. The van der Waals surface area contributed by atoms with Crippen molar-refractivity contribution >= 4 is 17.6 Å². The lowest BCUT2D eigenvalue weighted by Crippen LogP contribution is -3.17. The van der Waals surface area contributed by atoms with Gasteiger partial charge in [-0.25, -0.2) is 4.98 Å². The molecule has 2 amide bonds. The van der Waals surface area contributed by atoms with Gasteiger partial charge in [0.05, 0.1) is 32.4 Å². The van der Waals surface area contributed by atoms with Crippen molar-refractivity contribution in [2.75, 3.05) is 70.3 Å². The molecule has 8 heteroatoms. The number of quaternary nitrogens is 2.